The van der Waals surface area contributed by atoms with Gasteiger partial charge in [0.25, 0.3) is 0 Å². The van der Waals surface area contributed by atoms with E-state index in [1.807, 2.05) is 13.0 Å². The van der Waals surface area contributed by atoms with E-state index in [0.717, 1.165) is 12.8 Å². The normalized spacial score (nSPS) is 14.5. The molecule has 0 spiro atoms. The number of carbonyl (C=O) groups is 2. The average molecular weight is 344 g/mol. The largest absolute Gasteiger partial charge is 0.449 e. The van der Waals surface area contributed by atoms with Crippen LogP contribution < -0.4 is 10.6 Å². The van der Waals surface area contributed by atoms with Crippen LogP contribution >= 0.6 is 0 Å². The van der Waals surface area contributed by atoms with Gasteiger partial charge in [-0.3, -0.25) is 0 Å². The van der Waals surface area contributed by atoms with Gasteiger partial charge in [-0.05, 0) is 37.5 Å². The van der Waals surface area contributed by atoms with E-state index in [2.05, 4.69) is 10.6 Å². The number of anilines is 1. The molecule has 1 aliphatic heterocycles. The fraction of sp³-hybridized carbons (Fsp3) is 0.500. The van der Waals surface area contributed by atoms with Crippen LogP contribution in [0.25, 0.3) is 0 Å². The zero-order chi connectivity index (χ0) is 18.1. The molecule has 3 amide bonds. The number of amides is 3. The summed E-state index contributed by atoms with van der Waals surface area (Å²) >= 11 is 0. The first-order valence-corrected chi connectivity index (χ1v) is 8.61. The van der Waals surface area contributed by atoms with Gasteiger partial charge in [0.1, 0.15) is 0 Å². The molecule has 1 aliphatic rings. The second kappa shape index (κ2) is 9.52. The Hall–Kier alpha value is -2.75. The minimum absolute atomic E-state index is 0.0128. The number of nitrogens with zero attached hydrogens (tertiary/aromatic N) is 2. The predicted octanol–water partition coefficient (Wildman–Crippen LogP) is 3.08. The van der Waals surface area contributed by atoms with Crippen molar-refractivity contribution in [2.45, 2.75) is 38.6 Å². The van der Waals surface area contributed by atoms with Crippen molar-refractivity contribution < 1.29 is 14.3 Å². The number of urea groups is 1. The molecule has 2 rings (SSSR count). The van der Waals surface area contributed by atoms with Crippen molar-refractivity contribution in [1.29, 1.82) is 5.26 Å². The smallest absolute Gasteiger partial charge is 0.409 e. The Kier molecular flexibility index (Phi) is 7.08. The molecule has 1 heterocycles. The molecule has 7 heteroatoms. The van der Waals surface area contributed by atoms with E-state index in [9.17, 15) is 9.59 Å². The molecule has 7 nitrogen and oxygen atoms in total. The molecule has 0 unspecified atom stereocenters. The fourth-order valence-electron chi connectivity index (χ4n) is 2.62. The van der Waals surface area contributed by atoms with Gasteiger partial charge < -0.3 is 20.3 Å². The second-order valence-electron chi connectivity index (χ2n) is 6.02. The highest BCUT2D eigenvalue weighted by atomic mass is 16.6. The van der Waals surface area contributed by atoms with Crippen LogP contribution in [-0.4, -0.2) is 42.8 Å². The first kappa shape index (κ1) is 18.6. The fourth-order valence-corrected chi connectivity index (χ4v) is 2.62. The number of unbranched alkanes of at least 4 members (excludes halogenated alkanes) is 1. The maximum Gasteiger partial charge on any atom is 0.409 e. The Labute approximate surface area is 147 Å². The molecule has 1 aromatic carbocycles. The lowest BCUT2D eigenvalue weighted by molar-refractivity contribution is 0.0905. The number of likely N-dealkylation sites (tertiary alicyclic amines) is 1. The van der Waals surface area contributed by atoms with Crippen LogP contribution in [0.15, 0.2) is 24.3 Å². The Morgan fingerprint density at radius 2 is 2.12 bits per heavy atom. The third kappa shape index (κ3) is 5.99. The molecule has 134 valence electrons. The third-order valence-electron chi connectivity index (χ3n) is 4.06. The van der Waals surface area contributed by atoms with Gasteiger partial charge in [0, 0.05) is 24.8 Å². The summed E-state index contributed by atoms with van der Waals surface area (Å²) in [4.78, 5) is 25.6. The minimum Gasteiger partial charge on any atom is -0.449 e. The molecule has 2 N–H and O–H groups in total. The molecule has 1 saturated heterocycles. The number of nitrogens with one attached hydrogen (secondary N) is 2. The van der Waals surface area contributed by atoms with Crippen molar-refractivity contribution in [1.82, 2.24) is 10.2 Å². The molecule has 0 atom stereocenters. The quantitative estimate of drug-likeness (QED) is 0.803. The van der Waals surface area contributed by atoms with Gasteiger partial charge in [0.15, 0.2) is 0 Å². The number of carbonyl (C=O) groups excluding carboxylic acids is 2. The summed E-state index contributed by atoms with van der Waals surface area (Å²) < 4.78 is 5.20. The van der Waals surface area contributed by atoms with Gasteiger partial charge in [-0.15, -0.1) is 0 Å². The van der Waals surface area contributed by atoms with Crippen LogP contribution in [0.4, 0.5) is 15.3 Å². The molecule has 0 saturated carbocycles. The van der Waals surface area contributed by atoms with Crippen LogP contribution in [0.3, 0.4) is 0 Å². The molecule has 0 radical (unpaired) electrons. The Morgan fingerprint density at radius 1 is 1.36 bits per heavy atom. The van der Waals surface area contributed by atoms with Crippen LogP contribution in [0.1, 0.15) is 38.2 Å². The van der Waals surface area contributed by atoms with Crippen molar-refractivity contribution >= 4 is 17.8 Å². The zero-order valence-electron chi connectivity index (χ0n) is 14.5. The van der Waals surface area contributed by atoms with Gasteiger partial charge >= 0.3 is 12.1 Å². The molecule has 0 bridgehead atoms. The van der Waals surface area contributed by atoms with E-state index in [1.54, 1.807) is 29.2 Å². The van der Waals surface area contributed by atoms with Crippen LogP contribution in [0, 0.1) is 11.3 Å². The molecule has 0 aliphatic carbocycles. The number of rotatable bonds is 5. The summed E-state index contributed by atoms with van der Waals surface area (Å²) in [5, 5.41) is 14.5. The molecular weight excluding hydrogens is 320 g/mol. The van der Waals surface area contributed by atoms with E-state index in [4.69, 9.17) is 10.00 Å². The van der Waals surface area contributed by atoms with E-state index in [1.165, 1.54) is 0 Å². The number of benzene rings is 1. The predicted molar refractivity (Wildman–Crippen MR) is 94.2 cm³/mol. The number of nitriles is 1. The summed E-state index contributed by atoms with van der Waals surface area (Å²) in [6, 6.07) is 8.49. The SMILES string of the molecule is CCCCOC(=O)N1CCC(NC(=O)Nc2cccc(C#N)c2)CC1. The molecule has 1 aromatic rings. The summed E-state index contributed by atoms with van der Waals surface area (Å²) in [7, 11) is 0. The number of piperidine rings is 1. The van der Waals surface area contributed by atoms with E-state index in [-0.39, 0.29) is 18.2 Å². The highest BCUT2D eigenvalue weighted by molar-refractivity contribution is 5.89. The molecular formula is C18H24N4O3. The molecule has 0 aromatic heterocycles. The van der Waals surface area contributed by atoms with Crippen LogP contribution in [0.5, 0.6) is 0 Å². The van der Waals surface area contributed by atoms with Gasteiger partial charge in [0.05, 0.1) is 18.2 Å². The lowest BCUT2D eigenvalue weighted by Gasteiger charge is -2.31. The highest BCUT2D eigenvalue weighted by Crippen LogP contribution is 2.13. The van der Waals surface area contributed by atoms with E-state index < -0.39 is 0 Å². The lowest BCUT2D eigenvalue weighted by atomic mass is 10.1. The molecule has 25 heavy (non-hydrogen) atoms. The van der Waals surface area contributed by atoms with Gasteiger partial charge in [-0.25, -0.2) is 9.59 Å². The van der Waals surface area contributed by atoms with Crippen molar-refractivity contribution in [2.24, 2.45) is 0 Å². The van der Waals surface area contributed by atoms with E-state index in [0.29, 0.717) is 43.8 Å². The number of hydrogen-bond acceptors (Lipinski definition) is 4. The monoisotopic (exact) mass is 344 g/mol. The van der Waals surface area contributed by atoms with Crippen LogP contribution in [0.2, 0.25) is 0 Å². The summed E-state index contributed by atoms with van der Waals surface area (Å²) in [5.74, 6) is 0. The standard InChI is InChI=1S/C18H24N4O3/c1-2-3-11-25-18(24)22-9-7-15(8-10-22)20-17(23)21-16-6-4-5-14(12-16)13-19/h4-6,12,15H,2-3,7-11H2,1H3,(H2,20,21,23). The summed E-state index contributed by atoms with van der Waals surface area (Å²) in [5.41, 5.74) is 1.07. The lowest BCUT2D eigenvalue weighted by Crippen LogP contribution is -2.47. The first-order chi connectivity index (χ1) is 12.1. The Bertz CT molecular complexity index is 633. The van der Waals surface area contributed by atoms with Gasteiger partial charge in [-0.1, -0.05) is 19.4 Å². The summed E-state index contributed by atoms with van der Waals surface area (Å²) in [6.45, 7) is 3.64. The van der Waals surface area contributed by atoms with Crippen molar-refractivity contribution in [3.63, 3.8) is 0 Å². The van der Waals surface area contributed by atoms with Crippen molar-refractivity contribution in [2.75, 3.05) is 25.0 Å². The topological polar surface area (TPSA) is 94.5 Å². The Balaban J connectivity index is 1.73. The Morgan fingerprint density at radius 3 is 2.80 bits per heavy atom. The second-order valence-corrected chi connectivity index (χ2v) is 6.02. The first-order valence-electron chi connectivity index (χ1n) is 8.61. The highest BCUT2D eigenvalue weighted by Gasteiger charge is 2.24. The minimum atomic E-state index is -0.306. The maximum absolute atomic E-state index is 12.1. The molecule has 1 fully saturated rings. The number of ether oxygens (including phenoxy) is 1. The summed E-state index contributed by atoms with van der Waals surface area (Å²) in [6.07, 6.45) is 2.97. The zero-order valence-corrected chi connectivity index (χ0v) is 14.5. The van der Waals surface area contributed by atoms with E-state index >= 15 is 0 Å². The van der Waals surface area contributed by atoms with Crippen molar-refractivity contribution in [3.8, 4) is 6.07 Å². The van der Waals surface area contributed by atoms with Crippen molar-refractivity contribution in [3.05, 3.63) is 29.8 Å². The van der Waals surface area contributed by atoms with Gasteiger partial charge in [-0.2, -0.15) is 5.26 Å². The maximum atomic E-state index is 12.1. The average Bonchev–Trinajstić information content (AvgIpc) is 2.62. The van der Waals surface area contributed by atoms with Crippen LogP contribution in [-0.2, 0) is 4.74 Å². The third-order valence-corrected chi connectivity index (χ3v) is 4.06. The number of hydrogen-bond donors (Lipinski definition) is 2. The van der Waals surface area contributed by atoms with Gasteiger partial charge in [0.2, 0.25) is 0 Å².